The Morgan fingerprint density at radius 3 is 2.45 bits per heavy atom. The Bertz CT molecular complexity index is 1440. The Labute approximate surface area is 266 Å². The summed E-state index contributed by atoms with van der Waals surface area (Å²) in [6.07, 6.45) is 5.43. The van der Waals surface area contributed by atoms with Crippen molar-refractivity contribution in [2.45, 2.75) is 64.2 Å². The van der Waals surface area contributed by atoms with E-state index < -0.39 is 0 Å². The molecule has 3 aliphatic heterocycles. The molecule has 0 aliphatic carbocycles. The molecule has 2 fully saturated rings. The van der Waals surface area contributed by atoms with Gasteiger partial charge in [0.2, 0.25) is 5.91 Å². The molecular formula is C36H43ClN4O3. The highest BCUT2D eigenvalue weighted by Crippen LogP contribution is 2.33. The number of amides is 2. The lowest BCUT2D eigenvalue weighted by molar-refractivity contribution is -0.116. The maximum atomic E-state index is 14.3. The Balaban J connectivity index is 1.28. The summed E-state index contributed by atoms with van der Waals surface area (Å²) in [5.41, 5.74) is 3.69. The van der Waals surface area contributed by atoms with Gasteiger partial charge in [0.05, 0.1) is 0 Å². The van der Waals surface area contributed by atoms with Crippen molar-refractivity contribution in [2.75, 3.05) is 44.2 Å². The Morgan fingerprint density at radius 2 is 1.66 bits per heavy atom. The molecule has 8 heteroatoms. The fraction of sp³-hybridized carbons (Fsp3) is 0.444. The number of ether oxygens (including phenoxy) is 1. The molecule has 3 aromatic carbocycles. The van der Waals surface area contributed by atoms with Gasteiger partial charge in [0.15, 0.2) is 0 Å². The number of carbonyl (C=O) groups excluding carboxylic acids is 2. The second-order valence-electron chi connectivity index (χ2n) is 12.4. The predicted molar refractivity (Wildman–Crippen MR) is 175 cm³/mol. The highest BCUT2D eigenvalue weighted by molar-refractivity contribution is 6.30. The van der Waals surface area contributed by atoms with Crippen LogP contribution >= 0.6 is 11.6 Å². The second-order valence-corrected chi connectivity index (χ2v) is 12.8. The van der Waals surface area contributed by atoms with Gasteiger partial charge in [0, 0.05) is 68.0 Å². The lowest BCUT2D eigenvalue weighted by Gasteiger charge is -2.34. The summed E-state index contributed by atoms with van der Waals surface area (Å²) in [5.74, 6) is 0.724. The van der Waals surface area contributed by atoms with Gasteiger partial charge in [-0.1, -0.05) is 48.0 Å². The molecule has 0 saturated carbocycles. The van der Waals surface area contributed by atoms with Gasteiger partial charge in [-0.2, -0.15) is 0 Å². The van der Waals surface area contributed by atoms with E-state index >= 15 is 0 Å². The minimum Gasteiger partial charge on any atom is -0.492 e. The van der Waals surface area contributed by atoms with Crippen molar-refractivity contribution in [1.82, 2.24) is 14.7 Å². The van der Waals surface area contributed by atoms with Crippen molar-refractivity contribution in [1.29, 1.82) is 0 Å². The molecule has 3 heterocycles. The van der Waals surface area contributed by atoms with Gasteiger partial charge in [-0.05, 0) is 92.7 Å². The molecule has 2 atom stereocenters. The van der Waals surface area contributed by atoms with E-state index in [4.69, 9.17) is 16.3 Å². The maximum Gasteiger partial charge on any atom is 0.254 e. The van der Waals surface area contributed by atoms with Crippen LogP contribution in [0.2, 0.25) is 5.02 Å². The smallest absolute Gasteiger partial charge is 0.254 e. The van der Waals surface area contributed by atoms with Gasteiger partial charge < -0.3 is 14.5 Å². The van der Waals surface area contributed by atoms with Crippen LogP contribution in [0.15, 0.2) is 72.8 Å². The van der Waals surface area contributed by atoms with E-state index in [-0.39, 0.29) is 17.9 Å². The third-order valence-corrected chi connectivity index (χ3v) is 9.69. The van der Waals surface area contributed by atoms with E-state index in [0.717, 1.165) is 67.5 Å². The standard InChI is InChI=1S/C36H43ClN4O3/c1-27(42)40-20-17-32-15-16-33(41(32)24-28-11-13-31(37)14-12-28)26-39(25-30-7-2-3-10-35(30)40)36(43)29-8-6-9-34(23-29)44-22-21-38-18-4-5-19-38/h2-3,6-14,23,32-33H,4-5,15-22,24-26H2,1H3/t32-,33+/m1/s1. The maximum absolute atomic E-state index is 14.3. The minimum atomic E-state index is -0.0201. The van der Waals surface area contributed by atoms with Crippen LogP contribution < -0.4 is 9.64 Å². The third-order valence-electron chi connectivity index (χ3n) is 9.43. The van der Waals surface area contributed by atoms with Crippen molar-refractivity contribution < 1.29 is 14.3 Å². The van der Waals surface area contributed by atoms with Crippen molar-refractivity contribution in [3.05, 3.63) is 94.5 Å². The van der Waals surface area contributed by atoms with Crippen molar-refractivity contribution in [3.8, 4) is 5.75 Å². The Hall–Kier alpha value is -3.39. The zero-order valence-electron chi connectivity index (χ0n) is 25.7. The fourth-order valence-corrected chi connectivity index (χ4v) is 7.22. The summed E-state index contributed by atoms with van der Waals surface area (Å²) in [6, 6.07) is 24.2. The van der Waals surface area contributed by atoms with Gasteiger partial charge >= 0.3 is 0 Å². The topological polar surface area (TPSA) is 56.3 Å². The first kappa shape index (κ1) is 30.6. The van der Waals surface area contributed by atoms with Crippen LogP contribution in [0.3, 0.4) is 0 Å². The molecule has 2 saturated heterocycles. The third kappa shape index (κ3) is 7.28. The normalized spacial score (nSPS) is 21.1. The predicted octanol–water partition coefficient (Wildman–Crippen LogP) is 6.25. The molecule has 0 radical (unpaired) electrons. The number of hydrogen-bond donors (Lipinski definition) is 0. The number of anilines is 1. The highest BCUT2D eigenvalue weighted by atomic mass is 35.5. The summed E-state index contributed by atoms with van der Waals surface area (Å²) >= 11 is 6.19. The molecule has 7 nitrogen and oxygen atoms in total. The molecule has 3 aliphatic rings. The molecular weight excluding hydrogens is 572 g/mol. The average molecular weight is 615 g/mol. The van der Waals surface area contributed by atoms with E-state index in [1.165, 1.54) is 18.4 Å². The monoisotopic (exact) mass is 614 g/mol. The highest BCUT2D eigenvalue weighted by Gasteiger charge is 2.37. The molecule has 2 amide bonds. The van der Waals surface area contributed by atoms with Gasteiger partial charge in [-0.15, -0.1) is 0 Å². The van der Waals surface area contributed by atoms with Crippen molar-refractivity contribution in [3.63, 3.8) is 0 Å². The molecule has 0 N–H and O–H groups in total. The van der Waals surface area contributed by atoms with E-state index in [1.807, 2.05) is 70.5 Å². The number of hydrogen-bond acceptors (Lipinski definition) is 5. The first-order chi connectivity index (χ1) is 21.4. The zero-order valence-corrected chi connectivity index (χ0v) is 26.4. The number of carbonyl (C=O) groups is 2. The number of benzene rings is 3. The summed E-state index contributed by atoms with van der Waals surface area (Å²) in [7, 11) is 0. The first-order valence-corrected chi connectivity index (χ1v) is 16.4. The van der Waals surface area contributed by atoms with Crippen molar-refractivity contribution >= 4 is 29.1 Å². The summed E-state index contributed by atoms with van der Waals surface area (Å²) < 4.78 is 6.11. The molecule has 0 unspecified atom stereocenters. The van der Waals surface area contributed by atoms with Crippen LogP contribution in [0.5, 0.6) is 5.75 Å². The van der Waals surface area contributed by atoms with Gasteiger partial charge in [-0.3, -0.25) is 19.4 Å². The molecule has 232 valence electrons. The molecule has 2 bridgehead atoms. The summed E-state index contributed by atoms with van der Waals surface area (Å²) in [5, 5.41) is 0.725. The number of rotatable bonds is 7. The molecule has 0 aromatic heterocycles. The number of likely N-dealkylation sites (tertiary alicyclic amines) is 1. The van der Waals surface area contributed by atoms with Crippen LogP contribution in [0.25, 0.3) is 0 Å². The van der Waals surface area contributed by atoms with E-state index in [2.05, 4.69) is 21.9 Å². The first-order valence-electron chi connectivity index (χ1n) is 16.1. The number of nitrogens with zero attached hydrogens (tertiary/aromatic N) is 4. The van der Waals surface area contributed by atoms with Gasteiger partial charge in [0.1, 0.15) is 12.4 Å². The lowest BCUT2D eigenvalue weighted by atomic mass is 10.1. The van der Waals surface area contributed by atoms with Gasteiger partial charge in [0.25, 0.3) is 5.91 Å². The van der Waals surface area contributed by atoms with Crippen LogP contribution in [-0.2, 0) is 17.9 Å². The van der Waals surface area contributed by atoms with Gasteiger partial charge in [-0.25, -0.2) is 0 Å². The SMILES string of the molecule is CC(=O)N1CC[C@H]2CC[C@@H](CN(C(=O)c3cccc(OCCN4CCCC4)c3)Cc3ccccc31)N2Cc1ccc(Cl)cc1. The quantitative estimate of drug-likeness (QED) is 0.315. The molecule has 3 aromatic rings. The van der Waals surface area contributed by atoms with Crippen LogP contribution in [-0.4, -0.2) is 77.9 Å². The van der Waals surface area contributed by atoms with Crippen LogP contribution in [0.1, 0.15) is 60.5 Å². The van der Waals surface area contributed by atoms with Crippen LogP contribution in [0.4, 0.5) is 5.69 Å². The van der Waals surface area contributed by atoms with Crippen LogP contribution in [0, 0.1) is 0 Å². The number of fused-ring (bicyclic) bond motifs is 3. The minimum absolute atomic E-state index is 0.0201. The van der Waals surface area contributed by atoms with E-state index in [1.54, 1.807) is 6.92 Å². The lowest BCUT2D eigenvalue weighted by Crippen LogP contribution is -2.45. The number of halogens is 1. The fourth-order valence-electron chi connectivity index (χ4n) is 7.09. The molecule has 44 heavy (non-hydrogen) atoms. The van der Waals surface area contributed by atoms with E-state index in [0.29, 0.717) is 37.8 Å². The van der Waals surface area contributed by atoms with Crippen molar-refractivity contribution in [2.24, 2.45) is 0 Å². The average Bonchev–Trinajstić information content (AvgIpc) is 3.68. The largest absolute Gasteiger partial charge is 0.492 e. The summed E-state index contributed by atoms with van der Waals surface area (Å²) in [4.78, 5) is 36.2. The molecule has 6 rings (SSSR count). The summed E-state index contributed by atoms with van der Waals surface area (Å²) in [6.45, 7) is 7.88. The Kier molecular flexibility index (Phi) is 9.85. The Morgan fingerprint density at radius 1 is 0.886 bits per heavy atom. The van der Waals surface area contributed by atoms with E-state index in [9.17, 15) is 9.59 Å². The second kappa shape index (κ2) is 14.1. The molecule has 0 spiro atoms. The number of para-hydroxylation sites is 1. The zero-order chi connectivity index (χ0) is 30.5.